The Morgan fingerprint density at radius 2 is 2.09 bits per heavy atom. The zero-order chi connectivity index (χ0) is 15.5. The van der Waals surface area contributed by atoms with Gasteiger partial charge in [-0.25, -0.2) is 4.98 Å². The van der Waals surface area contributed by atoms with Crippen molar-refractivity contribution in [3.05, 3.63) is 30.0 Å². The number of likely N-dealkylation sites (tertiary alicyclic amines) is 1. The Bertz CT molecular complexity index is 679. The summed E-state index contributed by atoms with van der Waals surface area (Å²) in [6.07, 6.45) is 2.14. The van der Waals surface area contributed by atoms with Gasteiger partial charge in [0.15, 0.2) is 0 Å². The molecule has 1 fully saturated rings. The van der Waals surface area contributed by atoms with Crippen LogP contribution in [0.4, 0.5) is 0 Å². The summed E-state index contributed by atoms with van der Waals surface area (Å²) in [5.41, 5.74) is 2.12. The molecule has 0 aromatic carbocycles. The Hall–Kier alpha value is -2.05. The molecule has 0 amide bonds. The van der Waals surface area contributed by atoms with E-state index in [1.54, 1.807) is 25.4 Å². The van der Waals surface area contributed by atoms with Crippen molar-refractivity contribution >= 4 is 16.8 Å². The first-order valence-corrected chi connectivity index (χ1v) is 7.39. The standard InChI is InChI=1S/C16H19N3O3/c1-22-15-3-2-13-16(18-15)12(4-7-17-13)14(21)10-19-8-5-11(20)6-9-19/h2-4,7,14,21H,5-6,8-10H2,1H3/t14-/m1/s1. The molecule has 0 radical (unpaired) electrons. The summed E-state index contributed by atoms with van der Waals surface area (Å²) < 4.78 is 5.15. The normalized spacial score (nSPS) is 17.6. The van der Waals surface area contributed by atoms with Crippen LogP contribution in [-0.2, 0) is 4.79 Å². The minimum atomic E-state index is -0.668. The van der Waals surface area contributed by atoms with Crippen molar-refractivity contribution in [2.45, 2.75) is 18.9 Å². The minimum Gasteiger partial charge on any atom is -0.481 e. The molecule has 22 heavy (non-hydrogen) atoms. The van der Waals surface area contributed by atoms with E-state index in [1.807, 2.05) is 6.07 Å². The Morgan fingerprint density at radius 1 is 1.32 bits per heavy atom. The van der Waals surface area contributed by atoms with Crippen LogP contribution in [0, 0.1) is 0 Å². The van der Waals surface area contributed by atoms with Crippen molar-refractivity contribution < 1.29 is 14.6 Å². The molecule has 0 aliphatic carbocycles. The number of aliphatic hydroxyl groups excluding tert-OH is 1. The molecule has 0 bridgehead atoms. The van der Waals surface area contributed by atoms with Crippen LogP contribution in [0.15, 0.2) is 24.4 Å². The van der Waals surface area contributed by atoms with Crippen LogP contribution in [-0.4, -0.2) is 52.5 Å². The van der Waals surface area contributed by atoms with Gasteiger partial charge in [-0.15, -0.1) is 0 Å². The van der Waals surface area contributed by atoms with Crippen molar-refractivity contribution in [3.63, 3.8) is 0 Å². The van der Waals surface area contributed by atoms with Gasteiger partial charge in [0.25, 0.3) is 0 Å². The molecular weight excluding hydrogens is 282 g/mol. The fraction of sp³-hybridized carbons (Fsp3) is 0.438. The maximum atomic E-state index is 11.3. The molecule has 116 valence electrons. The number of nitrogens with zero attached hydrogens (tertiary/aromatic N) is 3. The number of piperidine rings is 1. The molecule has 3 rings (SSSR count). The Labute approximate surface area is 128 Å². The minimum absolute atomic E-state index is 0.298. The number of methoxy groups -OCH3 is 1. The second-order valence-electron chi connectivity index (χ2n) is 5.48. The van der Waals surface area contributed by atoms with E-state index in [2.05, 4.69) is 14.9 Å². The lowest BCUT2D eigenvalue weighted by Gasteiger charge is -2.28. The number of β-amino-alcohol motifs (C(OH)–C–C–N with tert-alkyl or cyclic N) is 1. The van der Waals surface area contributed by atoms with Gasteiger partial charge in [-0.1, -0.05) is 0 Å². The van der Waals surface area contributed by atoms with Crippen molar-refractivity contribution in [1.82, 2.24) is 14.9 Å². The number of ketones is 1. The van der Waals surface area contributed by atoms with Gasteiger partial charge in [-0.05, 0) is 12.1 Å². The highest BCUT2D eigenvalue weighted by Crippen LogP contribution is 2.24. The highest BCUT2D eigenvalue weighted by Gasteiger charge is 2.21. The topological polar surface area (TPSA) is 75.6 Å². The third-order valence-corrected chi connectivity index (χ3v) is 4.00. The lowest BCUT2D eigenvalue weighted by molar-refractivity contribution is -0.121. The van der Waals surface area contributed by atoms with Gasteiger partial charge in [0.2, 0.25) is 5.88 Å². The number of Topliss-reactive ketones (excluding diaryl/α,β-unsaturated/α-hetero) is 1. The highest BCUT2D eigenvalue weighted by molar-refractivity contribution is 5.79. The van der Waals surface area contributed by atoms with Crippen LogP contribution in [0.5, 0.6) is 5.88 Å². The first-order chi connectivity index (χ1) is 10.7. The van der Waals surface area contributed by atoms with E-state index >= 15 is 0 Å². The molecule has 0 unspecified atom stereocenters. The molecule has 1 aliphatic rings. The summed E-state index contributed by atoms with van der Waals surface area (Å²) in [5.74, 6) is 0.795. The Morgan fingerprint density at radius 3 is 2.82 bits per heavy atom. The molecular formula is C16H19N3O3. The second kappa shape index (κ2) is 6.37. The molecule has 1 atom stereocenters. The average Bonchev–Trinajstić information content (AvgIpc) is 2.55. The van der Waals surface area contributed by atoms with Crippen LogP contribution in [0.2, 0.25) is 0 Å². The fourth-order valence-electron chi connectivity index (χ4n) is 2.74. The third-order valence-electron chi connectivity index (χ3n) is 4.00. The molecule has 1 saturated heterocycles. The van der Waals surface area contributed by atoms with E-state index in [9.17, 15) is 9.90 Å². The van der Waals surface area contributed by atoms with E-state index in [4.69, 9.17) is 4.74 Å². The smallest absolute Gasteiger partial charge is 0.213 e. The molecule has 2 aromatic rings. The molecule has 3 heterocycles. The van der Waals surface area contributed by atoms with Crippen LogP contribution >= 0.6 is 0 Å². The molecule has 0 saturated carbocycles. The van der Waals surface area contributed by atoms with E-state index < -0.39 is 6.10 Å². The predicted octanol–water partition coefficient (Wildman–Crippen LogP) is 1.34. The van der Waals surface area contributed by atoms with Gasteiger partial charge < -0.3 is 9.84 Å². The largest absolute Gasteiger partial charge is 0.481 e. The molecule has 1 aliphatic heterocycles. The summed E-state index contributed by atoms with van der Waals surface area (Å²) in [7, 11) is 1.56. The summed E-state index contributed by atoms with van der Waals surface area (Å²) in [6, 6.07) is 5.37. The second-order valence-corrected chi connectivity index (χ2v) is 5.48. The third kappa shape index (κ3) is 3.08. The van der Waals surface area contributed by atoms with Crippen LogP contribution < -0.4 is 4.74 Å². The van der Waals surface area contributed by atoms with Gasteiger partial charge in [0.05, 0.1) is 24.2 Å². The summed E-state index contributed by atoms with van der Waals surface area (Å²) in [4.78, 5) is 22.1. The number of hydrogen-bond acceptors (Lipinski definition) is 6. The zero-order valence-corrected chi connectivity index (χ0v) is 12.5. The van der Waals surface area contributed by atoms with E-state index in [0.29, 0.717) is 49.7 Å². The lowest BCUT2D eigenvalue weighted by atomic mass is 10.1. The van der Waals surface area contributed by atoms with Crippen molar-refractivity contribution in [2.75, 3.05) is 26.7 Å². The van der Waals surface area contributed by atoms with Crippen LogP contribution in [0.25, 0.3) is 11.0 Å². The van der Waals surface area contributed by atoms with Crippen molar-refractivity contribution in [1.29, 1.82) is 0 Å². The molecule has 6 heteroatoms. The number of ether oxygens (including phenoxy) is 1. The van der Waals surface area contributed by atoms with Gasteiger partial charge in [0.1, 0.15) is 5.78 Å². The molecule has 2 aromatic heterocycles. The maximum absolute atomic E-state index is 11.3. The number of fused-ring (bicyclic) bond motifs is 1. The van der Waals surface area contributed by atoms with Crippen molar-refractivity contribution in [2.24, 2.45) is 0 Å². The number of aliphatic hydroxyl groups is 1. The lowest BCUT2D eigenvalue weighted by Crippen LogP contribution is -2.36. The number of carbonyl (C=O) groups is 1. The number of aromatic nitrogens is 2. The zero-order valence-electron chi connectivity index (χ0n) is 12.5. The van der Waals surface area contributed by atoms with Gasteiger partial charge in [0, 0.05) is 50.3 Å². The van der Waals surface area contributed by atoms with E-state index in [0.717, 1.165) is 11.1 Å². The van der Waals surface area contributed by atoms with Gasteiger partial charge >= 0.3 is 0 Å². The summed E-state index contributed by atoms with van der Waals surface area (Å²) >= 11 is 0. The number of hydrogen-bond donors (Lipinski definition) is 1. The van der Waals surface area contributed by atoms with Gasteiger partial charge in [-0.3, -0.25) is 14.7 Å². The van der Waals surface area contributed by atoms with Gasteiger partial charge in [-0.2, -0.15) is 0 Å². The summed E-state index contributed by atoms with van der Waals surface area (Å²) in [5, 5.41) is 10.6. The first-order valence-electron chi connectivity index (χ1n) is 7.39. The molecule has 0 spiro atoms. The number of rotatable bonds is 4. The first kappa shape index (κ1) is 14.9. The number of carbonyl (C=O) groups excluding carboxylic acids is 1. The Balaban J connectivity index is 1.83. The van der Waals surface area contributed by atoms with Crippen LogP contribution in [0.3, 0.4) is 0 Å². The highest BCUT2D eigenvalue weighted by atomic mass is 16.5. The molecule has 1 N–H and O–H groups in total. The molecule has 6 nitrogen and oxygen atoms in total. The van der Waals surface area contributed by atoms with Crippen LogP contribution in [0.1, 0.15) is 24.5 Å². The number of pyridine rings is 2. The van der Waals surface area contributed by atoms with Crippen molar-refractivity contribution in [3.8, 4) is 5.88 Å². The fourth-order valence-corrected chi connectivity index (χ4v) is 2.74. The maximum Gasteiger partial charge on any atom is 0.213 e. The van der Waals surface area contributed by atoms with E-state index in [1.165, 1.54) is 0 Å². The average molecular weight is 301 g/mol. The SMILES string of the molecule is COc1ccc2nccc([C@H](O)CN3CCC(=O)CC3)c2n1. The van der Waals surface area contributed by atoms with E-state index in [-0.39, 0.29) is 0 Å². The summed E-state index contributed by atoms with van der Waals surface area (Å²) in [6.45, 7) is 1.90. The monoisotopic (exact) mass is 301 g/mol. The Kier molecular flexibility index (Phi) is 4.31. The quantitative estimate of drug-likeness (QED) is 0.918. The predicted molar refractivity (Wildman–Crippen MR) is 81.7 cm³/mol.